The van der Waals surface area contributed by atoms with Crippen LogP contribution in [0.25, 0.3) is 0 Å². The number of methoxy groups -OCH3 is 1. The van der Waals surface area contributed by atoms with Gasteiger partial charge in [-0.25, -0.2) is 4.79 Å². The summed E-state index contributed by atoms with van der Waals surface area (Å²) in [4.78, 5) is 44.4. The molecule has 1 aliphatic rings. The number of ether oxygens (including phenoxy) is 1. The second-order valence-electron chi connectivity index (χ2n) is 3.84. The van der Waals surface area contributed by atoms with Crippen LogP contribution in [0.15, 0.2) is 0 Å². The predicted octanol–water partition coefficient (Wildman–Crippen LogP) is -1.60. The van der Waals surface area contributed by atoms with Gasteiger partial charge in [-0.15, -0.1) is 0 Å². The van der Waals surface area contributed by atoms with E-state index in [9.17, 15) is 19.2 Å². The van der Waals surface area contributed by atoms with Gasteiger partial charge in [0.15, 0.2) is 0 Å². The maximum atomic E-state index is 11.6. The number of carboxylic acids is 1. The van der Waals surface area contributed by atoms with E-state index in [2.05, 4.69) is 15.4 Å². The van der Waals surface area contributed by atoms with Gasteiger partial charge in [0.1, 0.15) is 12.1 Å². The topological polar surface area (TPSA) is 122 Å². The molecule has 2 amide bonds. The number of carbonyl (C=O) groups excluding carboxylic acids is 3. The van der Waals surface area contributed by atoms with E-state index < -0.39 is 36.4 Å². The molecule has 1 saturated heterocycles. The summed E-state index contributed by atoms with van der Waals surface area (Å²) in [6.45, 7) is 0. The molecule has 0 aliphatic carbocycles. The molecule has 1 rings (SSSR count). The number of hydrogen-bond donors (Lipinski definition) is 3. The van der Waals surface area contributed by atoms with Gasteiger partial charge in [0.2, 0.25) is 11.8 Å². The Morgan fingerprint density at radius 2 is 2.22 bits per heavy atom. The van der Waals surface area contributed by atoms with Crippen LogP contribution in [-0.2, 0) is 23.9 Å². The summed E-state index contributed by atoms with van der Waals surface area (Å²) in [6.07, 6.45) is 0.0836. The van der Waals surface area contributed by atoms with E-state index in [1.54, 1.807) is 0 Å². The summed E-state index contributed by atoms with van der Waals surface area (Å²) in [6, 6.07) is -2.10. The Morgan fingerprint density at radius 1 is 1.56 bits per heavy atom. The number of amides is 2. The fraction of sp³-hybridized carbons (Fsp3) is 0.600. The van der Waals surface area contributed by atoms with E-state index in [-0.39, 0.29) is 12.3 Å². The summed E-state index contributed by atoms with van der Waals surface area (Å²) >= 11 is 0. The maximum absolute atomic E-state index is 11.6. The average Bonchev–Trinajstić information content (AvgIpc) is 2.74. The third-order valence-corrected chi connectivity index (χ3v) is 2.52. The summed E-state index contributed by atoms with van der Waals surface area (Å²) < 4.78 is 4.33. The maximum Gasteiger partial charge on any atom is 0.326 e. The molecule has 8 heteroatoms. The van der Waals surface area contributed by atoms with Crippen LogP contribution in [-0.4, -0.2) is 48.1 Å². The first kappa shape index (κ1) is 13.9. The SMILES string of the molecule is COC(=O)C[C@H](NC(=O)C1CCC(=O)N1)C(=O)O. The monoisotopic (exact) mass is 258 g/mol. The smallest absolute Gasteiger partial charge is 0.326 e. The van der Waals surface area contributed by atoms with E-state index in [1.807, 2.05) is 0 Å². The van der Waals surface area contributed by atoms with Crippen LogP contribution in [0.2, 0.25) is 0 Å². The first-order chi connectivity index (χ1) is 8.43. The van der Waals surface area contributed by atoms with Gasteiger partial charge < -0.3 is 20.5 Å². The van der Waals surface area contributed by atoms with Gasteiger partial charge in [-0.2, -0.15) is 0 Å². The quantitative estimate of drug-likeness (QED) is 0.510. The highest BCUT2D eigenvalue weighted by Crippen LogP contribution is 2.07. The standard InChI is InChI=1S/C10H14N2O6/c1-18-8(14)4-6(10(16)17)12-9(15)5-2-3-7(13)11-5/h5-6H,2-4H2,1H3,(H,11,13)(H,12,15)(H,16,17)/t5?,6-/m0/s1. The van der Waals surface area contributed by atoms with Crippen LogP contribution in [0.1, 0.15) is 19.3 Å². The number of nitrogens with one attached hydrogen (secondary N) is 2. The Balaban J connectivity index is 2.55. The van der Waals surface area contributed by atoms with Crippen molar-refractivity contribution in [2.24, 2.45) is 0 Å². The average molecular weight is 258 g/mol. The molecular formula is C10H14N2O6. The van der Waals surface area contributed by atoms with Crippen LogP contribution in [0, 0.1) is 0 Å². The van der Waals surface area contributed by atoms with Crippen LogP contribution in [0.5, 0.6) is 0 Å². The van der Waals surface area contributed by atoms with Gasteiger partial charge in [0, 0.05) is 6.42 Å². The van der Waals surface area contributed by atoms with Crippen molar-refractivity contribution in [1.82, 2.24) is 10.6 Å². The Bertz CT molecular complexity index is 381. The normalized spacial score (nSPS) is 19.8. The number of hydrogen-bond acceptors (Lipinski definition) is 5. The van der Waals surface area contributed by atoms with Gasteiger partial charge >= 0.3 is 11.9 Å². The minimum Gasteiger partial charge on any atom is -0.480 e. The number of carboxylic acid groups (broad SMARTS) is 1. The summed E-state index contributed by atoms with van der Waals surface area (Å²) in [5, 5.41) is 13.4. The second-order valence-corrected chi connectivity index (χ2v) is 3.84. The molecule has 0 saturated carbocycles. The lowest BCUT2D eigenvalue weighted by molar-refractivity contribution is -0.149. The predicted molar refractivity (Wildman–Crippen MR) is 57.4 cm³/mol. The molecule has 0 radical (unpaired) electrons. The Morgan fingerprint density at radius 3 is 2.67 bits per heavy atom. The molecule has 8 nitrogen and oxygen atoms in total. The molecule has 0 aromatic carbocycles. The van der Waals surface area contributed by atoms with Crippen molar-refractivity contribution < 1.29 is 29.0 Å². The van der Waals surface area contributed by atoms with Crippen molar-refractivity contribution in [2.75, 3.05) is 7.11 Å². The summed E-state index contributed by atoms with van der Waals surface area (Å²) in [7, 11) is 1.13. The summed E-state index contributed by atoms with van der Waals surface area (Å²) in [5.74, 6) is -2.94. The molecule has 2 atom stereocenters. The van der Waals surface area contributed by atoms with Crippen molar-refractivity contribution in [2.45, 2.75) is 31.3 Å². The van der Waals surface area contributed by atoms with E-state index >= 15 is 0 Å². The lowest BCUT2D eigenvalue weighted by atomic mass is 10.1. The van der Waals surface area contributed by atoms with Crippen molar-refractivity contribution in [1.29, 1.82) is 0 Å². The summed E-state index contributed by atoms with van der Waals surface area (Å²) in [5.41, 5.74) is 0. The van der Waals surface area contributed by atoms with E-state index in [0.717, 1.165) is 7.11 Å². The molecule has 0 spiro atoms. The van der Waals surface area contributed by atoms with E-state index in [4.69, 9.17) is 5.11 Å². The molecule has 1 aliphatic heterocycles. The Labute approximate surface area is 103 Å². The number of aliphatic carboxylic acids is 1. The Kier molecular flexibility index (Phi) is 4.64. The minimum atomic E-state index is -1.36. The molecular weight excluding hydrogens is 244 g/mol. The van der Waals surface area contributed by atoms with Crippen LogP contribution < -0.4 is 10.6 Å². The second kappa shape index (κ2) is 5.99. The van der Waals surface area contributed by atoms with Crippen molar-refractivity contribution >= 4 is 23.8 Å². The van der Waals surface area contributed by atoms with Crippen molar-refractivity contribution in [3.05, 3.63) is 0 Å². The van der Waals surface area contributed by atoms with Gasteiger partial charge in [0.25, 0.3) is 0 Å². The molecule has 1 fully saturated rings. The zero-order valence-corrected chi connectivity index (χ0v) is 9.76. The highest BCUT2D eigenvalue weighted by atomic mass is 16.5. The number of esters is 1. The fourth-order valence-corrected chi connectivity index (χ4v) is 1.53. The first-order valence-electron chi connectivity index (χ1n) is 5.33. The molecule has 0 bridgehead atoms. The lowest BCUT2D eigenvalue weighted by Gasteiger charge is -2.16. The molecule has 100 valence electrons. The zero-order chi connectivity index (χ0) is 13.7. The van der Waals surface area contributed by atoms with Gasteiger partial charge in [-0.05, 0) is 6.42 Å². The lowest BCUT2D eigenvalue weighted by Crippen LogP contribution is -2.49. The van der Waals surface area contributed by atoms with Gasteiger partial charge in [0.05, 0.1) is 13.5 Å². The highest BCUT2D eigenvalue weighted by Gasteiger charge is 2.31. The van der Waals surface area contributed by atoms with Crippen LogP contribution in [0.3, 0.4) is 0 Å². The molecule has 18 heavy (non-hydrogen) atoms. The first-order valence-corrected chi connectivity index (χ1v) is 5.33. The number of carbonyl (C=O) groups is 4. The van der Waals surface area contributed by atoms with Gasteiger partial charge in [-0.3, -0.25) is 14.4 Å². The van der Waals surface area contributed by atoms with E-state index in [0.29, 0.717) is 6.42 Å². The minimum absolute atomic E-state index is 0.229. The third kappa shape index (κ3) is 3.72. The van der Waals surface area contributed by atoms with Crippen LogP contribution in [0.4, 0.5) is 0 Å². The molecule has 1 heterocycles. The molecule has 0 aromatic rings. The largest absolute Gasteiger partial charge is 0.480 e. The zero-order valence-electron chi connectivity index (χ0n) is 9.76. The number of rotatable bonds is 5. The third-order valence-electron chi connectivity index (χ3n) is 2.52. The molecule has 1 unspecified atom stereocenters. The van der Waals surface area contributed by atoms with Crippen LogP contribution >= 0.6 is 0 Å². The Hall–Kier alpha value is -2.12. The fourth-order valence-electron chi connectivity index (χ4n) is 1.53. The van der Waals surface area contributed by atoms with Crippen molar-refractivity contribution in [3.8, 4) is 0 Å². The molecule has 0 aromatic heterocycles. The molecule has 3 N–H and O–H groups in total. The van der Waals surface area contributed by atoms with Gasteiger partial charge in [-0.1, -0.05) is 0 Å². The van der Waals surface area contributed by atoms with Crippen molar-refractivity contribution in [3.63, 3.8) is 0 Å². The van der Waals surface area contributed by atoms with E-state index in [1.165, 1.54) is 0 Å². The highest BCUT2D eigenvalue weighted by molar-refractivity contribution is 5.93.